The minimum absolute atomic E-state index is 0.372. The van der Waals surface area contributed by atoms with E-state index in [1.54, 1.807) is 6.07 Å². The van der Waals surface area contributed by atoms with E-state index >= 15 is 0 Å². The van der Waals surface area contributed by atoms with E-state index in [-0.39, 0.29) is 5.24 Å². The Hall–Kier alpha value is -1.08. The van der Waals surface area contributed by atoms with Crippen molar-refractivity contribution in [3.63, 3.8) is 0 Å². The molecule has 0 amide bonds. The largest absolute Gasteiger partial charge is 0.276 e. The van der Waals surface area contributed by atoms with Gasteiger partial charge in [-0.2, -0.15) is 0 Å². The van der Waals surface area contributed by atoms with E-state index in [1.165, 1.54) is 0 Å². The van der Waals surface area contributed by atoms with Gasteiger partial charge in [-0.05, 0) is 40.9 Å². The van der Waals surface area contributed by atoms with Gasteiger partial charge in [0, 0.05) is 5.56 Å². The predicted molar refractivity (Wildman–Crippen MR) is 54.0 cm³/mol. The number of rotatable bonds is 1. The van der Waals surface area contributed by atoms with Crippen molar-refractivity contribution in [1.29, 1.82) is 0 Å². The lowest BCUT2D eigenvalue weighted by Gasteiger charge is -2.02. The normalized spacial score (nSPS) is 13.9. The predicted octanol–water partition coefficient (Wildman–Crippen LogP) is 1.42. The van der Waals surface area contributed by atoms with Gasteiger partial charge in [-0.3, -0.25) is 4.79 Å². The first-order valence-corrected chi connectivity index (χ1v) is 4.66. The first-order valence-electron chi connectivity index (χ1n) is 4.28. The van der Waals surface area contributed by atoms with Crippen LogP contribution in [-0.4, -0.2) is 5.24 Å². The molecule has 0 spiro atoms. The van der Waals surface area contributed by atoms with Crippen LogP contribution in [-0.2, 0) is 0 Å². The van der Waals surface area contributed by atoms with Gasteiger partial charge in [0.1, 0.15) is 0 Å². The Kier molecular flexibility index (Phi) is 2.19. The summed E-state index contributed by atoms with van der Waals surface area (Å²) in [5.74, 6) is 0. The van der Waals surface area contributed by atoms with E-state index in [0.29, 0.717) is 5.56 Å². The van der Waals surface area contributed by atoms with E-state index in [4.69, 9.17) is 11.6 Å². The molecule has 0 heterocycles. The fourth-order valence-electron chi connectivity index (χ4n) is 1.63. The maximum absolute atomic E-state index is 11.0. The van der Waals surface area contributed by atoms with Crippen LogP contribution < -0.4 is 10.4 Å². The minimum atomic E-state index is -0.372. The Balaban J connectivity index is 2.81. The van der Waals surface area contributed by atoms with Crippen LogP contribution in [0.4, 0.5) is 0 Å². The molecule has 0 fully saturated rings. The summed E-state index contributed by atoms with van der Waals surface area (Å²) in [7, 11) is 0. The van der Waals surface area contributed by atoms with Gasteiger partial charge in [-0.1, -0.05) is 24.3 Å². The van der Waals surface area contributed by atoms with Crippen molar-refractivity contribution in [3.05, 3.63) is 34.2 Å². The molecule has 0 saturated heterocycles. The van der Waals surface area contributed by atoms with Crippen molar-refractivity contribution in [1.82, 2.24) is 0 Å². The molecule has 0 saturated carbocycles. The molecule has 13 heavy (non-hydrogen) atoms. The molecular formula is C11H9ClO. The molecule has 0 aliphatic heterocycles. The number of hydrogen-bond donors (Lipinski definition) is 0. The topological polar surface area (TPSA) is 17.1 Å². The molecular weight excluding hydrogens is 184 g/mol. The van der Waals surface area contributed by atoms with Crippen LogP contribution in [0.25, 0.3) is 12.2 Å². The third-order valence-corrected chi connectivity index (χ3v) is 2.43. The van der Waals surface area contributed by atoms with Crippen molar-refractivity contribution < 1.29 is 4.79 Å². The SMILES string of the molecule is O=C(Cl)c1cccc2c1=CCCC=2. The summed E-state index contributed by atoms with van der Waals surface area (Å²) in [5, 5.41) is 1.75. The highest BCUT2D eigenvalue weighted by molar-refractivity contribution is 6.67. The molecule has 66 valence electrons. The summed E-state index contributed by atoms with van der Waals surface area (Å²) in [6.07, 6.45) is 6.25. The van der Waals surface area contributed by atoms with Crippen LogP contribution in [0.2, 0.25) is 0 Å². The van der Waals surface area contributed by atoms with Crippen molar-refractivity contribution in [2.45, 2.75) is 12.8 Å². The van der Waals surface area contributed by atoms with Crippen molar-refractivity contribution >= 4 is 29.0 Å². The fraction of sp³-hybridized carbons (Fsp3) is 0.182. The van der Waals surface area contributed by atoms with Crippen molar-refractivity contribution in [2.75, 3.05) is 0 Å². The van der Waals surface area contributed by atoms with E-state index in [2.05, 4.69) is 12.2 Å². The molecule has 0 atom stereocenters. The highest BCUT2D eigenvalue weighted by Crippen LogP contribution is 2.00. The van der Waals surface area contributed by atoms with Gasteiger partial charge in [-0.15, -0.1) is 0 Å². The molecule has 0 aromatic heterocycles. The molecule has 0 bridgehead atoms. The maximum Gasteiger partial charge on any atom is 0.253 e. The average molecular weight is 193 g/mol. The maximum atomic E-state index is 11.0. The Labute approximate surface area is 81.3 Å². The Morgan fingerprint density at radius 3 is 2.77 bits per heavy atom. The molecule has 1 aliphatic carbocycles. The Morgan fingerprint density at radius 1 is 1.23 bits per heavy atom. The van der Waals surface area contributed by atoms with Gasteiger partial charge in [0.2, 0.25) is 0 Å². The van der Waals surface area contributed by atoms with Gasteiger partial charge in [0.05, 0.1) is 0 Å². The number of carbonyl (C=O) groups is 1. The van der Waals surface area contributed by atoms with Crippen LogP contribution in [0.15, 0.2) is 18.2 Å². The summed E-state index contributed by atoms with van der Waals surface area (Å²) in [5.41, 5.74) is 0.620. The fourth-order valence-corrected chi connectivity index (χ4v) is 1.79. The molecule has 2 rings (SSSR count). The summed E-state index contributed by atoms with van der Waals surface area (Å²) >= 11 is 5.47. The number of fused-ring (bicyclic) bond motifs is 1. The summed E-state index contributed by atoms with van der Waals surface area (Å²) < 4.78 is 0. The molecule has 0 N–H and O–H groups in total. The van der Waals surface area contributed by atoms with Gasteiger partial charge >= 0.3 is 0 Å². The number of hydrogen-bond acceptors (Lipinski definition) is 1. The lowest BCUT2D eigenvalue weighted by Crippen LogP contribution is -2.31. The zero-order valence-corrected chi connectivity index (χ0v) is 7.84. The molecule has 1 aromatic rings. The zero-order valence-electron chi connectivity index (χ0n) is 7.09. The first kappa shape index (κ1) is 8.52. The highest BCUT2D eigenvalue weighted by Gasteiger charge is 2.04. The van der Waals surface area contributed by atoms with Gasteiger partial charge in [0.25, 0.3) is 5.24 Å². The second-order valence-corrected chi connectivity index (χ2v) is 3.41. The monoisotopic (exact) mass is 192 g/mol. The smallest absolute Gasteiger partial charge is 0.253 e. The zero-order chi connectivity index (χ0) is 9.26. The third-order valence-electron chi connectivity index (χ3n) is 2.23. The van der Waals surface area contributed by atoms with E-state index in [9.17, 15) is 4.79 Å². The quantitative estimate of drug-likeness (QED) is 0.616. The number of benzene rings is 1. The molecule has 1 nitrogen and oxygen atoms in total. The van der Waals surface area contributed by atoms with Gasteiger partial charge < -0.3 is 0 Å². The summed E-state index contributed by atoms with van der Waals surface area (Å²) in [6.45, 7) is 0. The van der Waals surface area contributed by atoms with Gasteiger partial charge in [0.15, 0.2) is 0 Å². The van der Waals surface area contributed by atoms with Crippen LogP contribution in [0.3, 0.4) is 0 Å². The van der Waals surface area contributed by atoms with Crippen LogP contribution in [0, 0.1) is 0 Å². The van der Waals surface area contributed by atoms with Crippen LogP contribution in [0.1, 0.15) is 23.2 Å². The lowest BCUT2D eigenvalue weighted by molar-refractivity contribution is 0.108. The lowest BCUT2D eigenvalue weighted by atomic mass is 10.0. The minimum Gasteiger partial charge on any atom is -0.276 e. The standard InChI is InChI=1S/C11H9ClO/c12-11(13)10-7-3-5-8-4-1-2-6-9(8)10/h3-7H,1-2H2. The Bertz CT molecular complexity index is 459. The van der Waals surface area contributed by atoms with Crippen molar-refractivity contribution in [3.8, 4) is 0 Å². The molecule has 0 unspecified atom stereocenters. The second-order valence-electron chi connectivity index (χ2n) is 3.07. The number of halogens is 1. The third kappa shape index (κ3) is 1.52. The molecule has 0 radical (unpaired) electrons. The summed E-state index contributed by atoms with van der Waals surface area (Å²) in [6, 6.07) is 5.64. The van der Waals surface area contributed by atoms with Crippen LogP contribution in [0.5, 0.6) is 0 Å². The van der Waals surface area contributed by atoms with E-state index in [1.807, 2.05) is 12.1 Å². The van der Waals surface area contributed by atoms with Gasteiger partial charge in [-0.25, -0.2) is 0 Å². The van der Waals surface area contributed by atoms with Crippen molar-refractivity contribution in [2.24, 2.45) is 0 Å². The first-order chi connectivity index (χ1) is 6.29. The molecule has 1 aliphatic rings. The van der Waals surface area contributed by atoms with E-state index in [0.717, 1.165) is 23.3 Å². The van der Waals surface area contributed by atoms with Crippen LogP contribution >= 0.6 is 11.6 Å². The second kappa shape index (κ2) is 3.35. The average Bonchev–Trinajstić information content (AvgIpc) is 2.17. The molecule has 2 heteroatoms. The summed E-state index contributed by atoms with van der Waals surface area (Å²) in [4.78, 5) is 11.0. The highest BCUT2D eigenvalue weighted by atomic mass is 35.5. The van der Waals surface area contributed by atoms with E-state index < -0.39 is 0 Å². The Morgan fingerprint density at radius 2 is 2.00 bits per heavy atom. The number of carbonyl (C=O) groups excluding carboxylic acids is 1. The molecule has 1 aromatic carbocycles.